The van der Waals surface area contributed by atoms with E-state index in [-0.39, 0.29) is 11.9 Å². The molecule has 0 bridgehead atoms. The van der Waals surface area contributed by atoms with Gasteiger partial charge in [0.2, 0.25) is 0 Å². The van der Waals surface area contributed by atoms with Crippen LogP contribution in [0.15, 0.2) is 115 Å². The zero-order valence-electron chi connectivity index (χ0n) is 22.0. The summed E-state index contributed by atoms with van der Waals surface area (Å²) in [6, 6.07) is 39.9. The Morgan fingerprint density at radius 1 is 0.692 bits per heavy atom. The van der Waals surface area contributed by atoms with Crippen LogP contribution in [-0.2, 0) is 5.88 Å². The Labute approximate surface area is 238 Å². The Balaban J connectivity index is 0.000000181. The van der Waals surface area contributed by atoms with Crippen molar-refractivity contribution in [3.05, 3.63) is 121 Å². The van der Waals surface area contributed by atoms with Gasteiger partial charge in [-0.2, -0.15) is 0 Å². The summed E-state index contributed by atoms with van der Waals surface area (Å²) < 4.78 is 0. The molecule has 1 fully saturated rings. The lowest BCUT2D eigenvalue weighted by atomic mass is 10.1. The first kappa shape index (κ1) is 28.4. The summed E-state index contributed by atoms with van der Waals surface area (Å²) in [7, 11) is -0.446. The zero-order chi connectivity index (χ0) is 27.3. The number of benzene rings is 4. The number of hydrogen-bond acceptors (Lipinski definition) is 2. The molecule has 7 heteroatoms. The summed E-state index contributed by atoms with van der Waals surface area (Å²) >= 11 is 5.78. The second-order valence-corrected chi connectivity index (χ2v) is 11.7. The third-order valence-corrected chi connectivity index (χ3v) is 9.06. The molecule has 39 heavy (non-hydrogen) atoms. The molecule has 1 aliphatic rings. The molecule has 0 aromatic heterocycles. The Morgan fingerprint density at radius 3 is 1.69 bits per heavy atom. The van der Waals surface area contributed by atoms with E-state index in [1.807, 2.05) is 29.2 Å². The third kappa shape index (κ3) is 8.68. The van der Waals surface area contributed by atoms with Crippen LogP contribution in [0.3, 0.4) is 0 Å². The highest BCUT2D eigenvalue weighted by Crippen LogP contribution is 2.32. The van der Waals surface area contributed by atoms with E-state index in [2.05, 4.69) is 102 Å². The molecule has 0 spiro atoms. The van der Waals surface area contributed by atoms with Gasteiger partial charge >= 0.3 is 0 Å². The lowest BCUT2D eigenvalue weighted by molar-refractivity contribution is 0.334. The van der Waals surface area contributed by atoms with Gasteiger partial charge in [0, 0.05) is 24.7 Å². The first-order chi connectivity index (χ1) is 19.1. The van der Waals surface area contributed by atoms with Crippen molar-refractivity contribution in [1.29, 1.82) is 10.8 Å². The van der Waals surface area contributed by atoms with E-state index in [9.17, 15) is 0 Å². The SMILES string of the molecule is N=C(NC(=N)N1CCCCC1)Nc1cccc(CCl)c1.c1ccc(P(c2ccccc2)c2ccccc2)cc1. The molecule has 1 aliphatic heterocycles. The molecule has 4 aromatic rings. The van der Waals surface area contributed by atoms with Gasteiger partial charge < -0.3 is 10.2 Å². The van der Waals surface area contributed by atoms with Gasteiger partial charge in [-0.3, -0.25) is 16.1 Å². The quantitative estimate of drug-likeness (QED) is 0.102. The average Bonchev–Trinajstić information content (AvgIpc) is 3.00. The summed E-state index contributed by atoms with van der Waals surface area (Å²) in [5.74, 6) is 0.836. The predicted octanol–water partition coefficient (Wildman–Crippen LogP) is 6.23. The number of likely N-dealkylation sites (tertiary alicyclic amines) is 1. The van der Waals surface area contributed by atoms with E-state index in [1.165, 1.54) is 22.3 Å². The molecule has 5 nitrogen and oxygen atoms in total. The number of hydrogen-bond donors (Lipinski definition) is 4. The van der Waals surface area contributed by atoms with Crippen molar-refractivity contribution < 1.29 is 0 Å². The summed E-state index contributed by atoms with van der Waals surface area (Å²) in [6.07, 6.45) is 3.45. The van der Waals surface area contributed by atoms with Gasteiger partial charge in [0.15, 0.2) is 11.9 Å². The fraction of sp³-hybridized carbons (Fsp3) is 0.188. The van der Waals surface area contributed by atoms with E-state index in [0.29, 0.717) is 5.88 Å². The van der Waals surface area contributed by atoms with Crippen molar-refractivity contribution in [3.8, 4) is 0 Å². The minimum atomic E-state index is -0.446. The Hall–Kier alpha value is -3.66. The number of halogens is 1. The molecule has 5 rings (SSSR count). The Morgan fingerprint density at radius 2 is 1.21 bits per heavy atom. The van der Waals surface area contributed by atoms with E-state index in [1.54, 1.807) is 0 Å². The van der Waals surface area contributed by atoms with Crippen LogP contribution in [-0.4, -0.2) is 29.9 Å². The van der Waals surface area contributed by atoms with Crippen molar-refractivity contribution in [2.75, 3.05) is 18.4 Å². The summed E-state index contributed by atoms with van der Waals surface area (Å²) in [5.41, 5.74) is 1.79. The standard InChI is InChI=1S/C18H15P.C14H20ClN5/c1-4-10-16(11-5-1)19(17-12-6-2-7-13-17)18-14-8-3-9-15-18;15-10-11-5-4-6-12(9-11)18-13(16)19-14(17)20-7-2-1-3-8-20/h1-15H;4-6,9H,1-3,7-8,10H2,(H4,16,17,18,19). The van der Waals surface area contributed by atoms with E-state index in [0.717, 1.165) is 37.2 Å². The largest absolute Gasteiger partial charge is 0.343 e. The summed E-state index contributed by atoms with van der Waals surface area (Å²) in [4.78, 5) is 1.97. The van der Waals surface area contributed by atoms with Crippen LogP contribution in [0, 0.1) is 10.8 Å². The second-order valence-electron chi connectivity index (χ2n) is 9.20. The first-order valence-corrected chi connectivity index (χ1v) is 15.1. The van der Waals surface area contributed by atoms with Gasteiger partial charge in [-0.1, -0.05) is 103 Å². The number of piperidine rings is 1. The first-order valence-electron chi connectivity index (χ1n) is 13.2. The van der Waals surface area contributed by atoms with Gasteiger partial charge in [-0.25, -0.2) is 0 Å². The van der Waals surface area contributed by atoms with Crippen molar-refractivity contribution in [2.24, 2.45) is 0 Å². The maximum atomic E-state index is 7.97. The number of nitrogens with zero attached hydrogens (tertiary/aromatic N) is 1. The summed E-state index contributed by atoms with van der Waals surface area (Å²) in [5, 5.41) is 25.8. The van der Waals surface area contributed by atoms with Crippen molar-refractivity contribution in [3.63, 3.8) is 0 Å². The highest BCUT2D eigenvalue weighted by Gasteiger charge is 2.15. The smallest absolute Gasteiger partial charge is 0.199 e. The molecule has 4 N–H and O–H groups in total. The van der Waals surface area contributed by atoms with Gasteiger partial charge in [0.05, 0.1) is 0 Å². The van der Waals surface area contributed by atoms with Gasteiger partial charge in [0.1, 0.15) is 0 Å². The average molecular weight is 556 g/mol. The monoisotopic (exact) mass is 555 g/mol. The number of rotatable bonds is 5. The van der Waals surface area contributed by atoms with Crippen LogP contribution in [0.5, 0.6) is 0 Å². The number of nitrogens with one attached hydrogen (secondary N) is 4. The maximum Gasteiger partial charge on any atom is 0.199 e. The molecule has 0 aliphatic carbocycles. The molecule has 0 unspecified atom stereocenters. The van der Waals surface area contributed by atoms with Crippen molar-refractivity contribution in [2.45, 2.75) is 25.1 Å². The van der Waals surface area contributed by atoms with Crippen LogP contribution < -0.4 is 26.5 Å². The molecular weight excluding hydrogens is 521 g/mol. The fourth-order valence-corrected chi connectivity index (χ4v) is 6.87. The Bertz CT molecular complexity index is 1220. The van der Waals surface area contributed by atoms with Crippen LogP contribution >= 0.6 is 19.5 Å². The van der Waals surface area contributed by atoms with E-state index >= 15 is 0 Å². The molecule has 0 radical (unpaired) electrons. The van der Waals surface area contributed by atoms with Crippen LogP contribution in [0.1, 0.15) is 24.8 Å². The molecule has 1 saturated heterocycles. The minimum Gasteiger partial charge on any atom is -0.343 e. The lowest BCUT2D eigenvalue weighted by Gasteiger charge is -2.29. The predicted molar refractivity (Wildman–Crippen MR) is 169 cm³/mol. The van der Waals surface area contributed by atoms with E-state index in [4.69, 9.17) is 22.4 Å². The third-order valence-electron chi connectivity index (χ3n) is 6.31. The van der Waals surface area contributed by atoms with Crippen LogP contribution in [0.4, 0.5) is 5.69 Å². The van der Waals surface area contributed by atoms with Gasteiger partial charge in [-0.05, 0) is 60.8 Å². The maximum absolute atomic E-state index is 7.97. The molecular formula is C32H35ClN5P. The molecule has 4 aromatic carbocycles. The molecule has 0 atom stereocenters. The van der Waals surface area contributed by atoms with Gasteiger partial charge in [0.25, 0.3) is 0 Å². The molecule has 0 amide bonds. The van der Waals surface area contributed by atoms with E-state index < -0.39 is 7.92 Å². The Kier molecular flexibility index (Phi) is 10.9. The number of anilines is 1. The molecule has 1 heterocycles. The highest BCUT2D eigenvalue weighted by atomic mass is 35.5. The molecule has 0 saturated carbocycles. The van der Waals surface area contributed by atoms with Crippen LogP contribution in [0.2, 0.25) is 0 Å². The normalized spacial score (nSPS) is 12.7. The van der Waals surface area contributed by atoms with Crippen LogP contribution in [0.25, 0.3) is 0 Å². The van der Waals surface area contributed by atoms with Gasteiger partial charge in [-0.15, -0.1) is 11.6 Å². The highest BCUT2D eigenvalue weighted by molar-refractivity contribution is 7.79. The summed E-state index contributed by atoms with van der Waals surface area (Å²) in [6.45, 7) is 1.78. The minimum absolute atomic E-state index is 0.104. The van der Waals surface area contributed by atoms with Crippen molar-refractivity contribution in [1.82, 2.24) is 10.2 Å². The fourth-order valence-electron chi connectivity index (χ4n) is 4.40. The lowest BCUT2D eigenvalue weighted by Crippen LogP contribution is -2.47. The topological polar surface area (TPSA) is 75.0 Å². The number of guanidine groups is 2. The van der Waals surface area contributed by atoms with Crippen molar-refractivity contribution >= 4 is 53.0 Å². The molecule has 200 valence electrons. The zero-order valence-corrected chi connectivity index (χ0v) is 23.6. The second kappa shape index (κ2) is 15.1. The number of alkyl halides is 1.